The van der Waals surface area contributed by atoms with Crippen molar-refractivity contribution in [3.8, 4) is 0 Å². The first kappa shape index (κ1) is 19.5. The van der Waals surface area contributed by atoms with Gasteiger partial charge in [-0.1, -0.05) is 6.92 Å². The van der Waals surface area contributed by atoms with Gasteiger partial charge in [0.15, 0.2) is 0 Å². The molecule has 0 aliphatic heterocycles. The van der Waals surface area contributed by atoms with Gasteiger partial charge in [-0.25, -0.2) is 10.8 Å². The summed E-state index contributed by atoms with van der Waals surface area (Å²) in [5.41, 5.74) is 2.75. The molecule has 0 N–H and O–H groups in total. The van der Waals surface area contributed by atoms with E-state index in [4.69, 9.17) is 22.3 Å². The quantitative estimate of drug-likeness (QED) is 0.540. The maximum atomic E-state index is 5.97. The van der Waals surface area contributed by atoms with Gasteiger partial charge in [-0.3, -0.25) is 12.1 Å². The van der Waals surface area contributed by atoms with E-state index in [1.807, 2.05) is 31.2 Å². The van der Waals surface area contributed by atoms with Gasteiger partial charge in [0.2, 0.25) is 0 Å². The second-order valence-corrected chi connectivity index (χ2v) is 3.77. The molecule has 0 fully saturated rings. The van der Waals surface area contributed by atoms with Crippen LogP contribution in [0.25, 0.3) is 22.9 Å². The summed E-state index contributed by atoms with van der Waals surface area (Å²) < 4.78 is 0. The number of fused-ring (bicyclic) bond motifs is 1. The molecule has 6 radical (unpaired) electrons. The van der Waals surface area contributed by atoms with Crippen molar-refractivity contribution in [2.24, 2.45) is 0 Å². The Hall–Kier alpha value is 0.518. The second kappa shape index (κ2) is 8.73. The van der Waals surface area contributed by atoms with E-state index in [-0.39, 0.29) is 65.4 Å². The molecule has 0 aliphatic rings. The van der Waals surface area contributed by atoms with Crippen LogP contribution in [0.15, 0.2) is 18.2 Å². The van der Waals surface area contributed by atoms with Gasteiger partial charge in [-0.05, 0) is 0 Å². The zero-order valence-electron chi connectivity index (χ0n) is 10.8. The van der Waals surface area contributed by atoms with Gasteiger partial charge >= 0.3 is 0 Å². The third-order valence-electron chi connectivity index (χ3n) is 2.55. The summed E-state index contributed by atoms with van der Waals surface area (Å²) >= 11 is 0. The van der Waals surface area contributed by atoms with E-state index in [1.54, 1.807) is 0 Å². The standard InChI is InChI=1S/C15H9B2.2Y/c1-3-5-11-7-13-12(15(17)9-11)6-10(4-2)8-14(13)16;;/h2-7H,1H3;;/q-3;;/b5-3-;;. The van der Waals surface area contributed by atoms with Crippen LogP contribution >= 0.6 is 0 Å². The van der Waals surface area contributed by atoms with Crippen LogP contribution in [0.2, 0.25) is 0 Å². The van der Waals surface area contributed by atoms with Crippen LogP contribution in [0.5, 0.6) is 0 Å². The molecule has 0 bridgehead atoms. The molecule has 0 amide bonds. The van der Waals surface area contributed by atoms with Crippen LogP contribution in [0.1, 0.15) is 18.1 Å². The van der Waals surface area contributed by atoms with Crippen molar-refractivity contribution in [2.45, 2.75) is 6.92 Å². The Labute approximate surface area is 168 Å². The molecular weight excluding hydrogens is 380 g/mol. The van der Waals surface area contributed by atoms with Crippen LogP contribution in [0, 0.1) is 18.7 Å². The molecule has 0 atom stereocenters. The molecule has 0 aromatic heterocycles. The predicted molar refractivity (Wildman–Crippen MR) is 75.9 cm³/mol. The van der Waals surface area contributed by atoms with Crippen LogP contribution in [0.3, 0.4) is 0 Å². The zero-order valence-corrected chi connectivity index (χ0v) is 16.5. The minimum atomic E-state index is 0. The van der Waals surface area contributed by atoms with Crippen molar-refractivity contribution in [1.82, 2.24) is 0 Å². The number of benzene rings is 2. The zero-order chi connectivity index (χ0) is 12.4. The third-order valence-corrected chi connectivity index (χ3v) is 2.55. The van der Waals surface area contributed by atoms with Crippen molar-refractivity contribution in [1.29, 1.82) is 0 Å². The van der Waals surface area contributed by atoms with Crippen LogP contribution in [-0.2, 0) is 65.4 Å². The van der Waals surface area contributed by atoms with Crippen molar-refractivity contribution in [3.63, 3.8) is 0 Å². The van der Waals surface area contributed by atoms with E-state index in [2.05, 4.69) is 12.1 Å². The van der Waals surface area contributed by atoms with E-state index < -0.39 is 0 Å². The van der Waals surface area contributed by atoms with E-state index in [9.17, 15) is 0 Å². The Balaban J connectivity index is 0.00000162. The van der Waals surface area contributed by atoms with Gasteiger partial charge in [0.1, 0.15) is 0 Å². The molecule has 2 rings (SSSR count). The van der Waals surface area contributed by atoms with Gasteiger partial charge in [0.25, 0.3) is 0 Å². The Morgan fingerprint density at radius 3 is 1.95 bits per heavy atom. The normalized spacial score (nSPS) is 9.95. The fourth-order valence-corrected chi connectivity index (χ4v) is 1.79. The summed E-state index contributed by atoms with van der Waals surface area (Å²) in [5.74, 6) is 0. The maximum absolute atomic E-state index is 5.97. The summed E-state index contributed by atoms with van der Waals surface area (Å²) in [4.78, 5) is 0. The molecule has 0 heterocycles. The fourth-order valence-electron chi connectivity index (χ4n) is 1.79. The number of hydrogen-bond donors (Lipinski definition) is 0. The molecule has 2 aromatic rings. The molecular formula is C15H9B2Y2-3. The SMILES string of the molecule is [B]c1[c-]c(/C=C\C)cc2c([B])[c-]c(C=[CH-])cc12.[Y].[Y]. The molecule has 4 heteroatoms. The molecule has 2 aromatic carbocycles. The van der Waals surface area contributed by atoms with Crippen LogP contribution in [-0.4, -0.2) is 15.7 Å². The predicted octanol–water partition coefficient (Wildman–Crippen LogP) is 1.50. The molecule has 19 heavy (non-hydrogen) atoms. The first-order valence-electron chi connectivity index (χ1n) is 5.30. The smallest absolute Gasteiger partial charge is 0.0838 e. The molecule has 0 unspecified atom stereocenters. The van der Waals surface area contributed by atoms with E-state index in [0.29, 0.717) is 10.9 Å². The van der Waals surface area contributed by atoms with Crippen molar-refractivity contribution in [3.05, 3.63) is 48.0 Å². The Bertz CT molecular complexity index is 619. The molecule has 84 valence electrons. The Morgan fingerprint density at radius 1 is 1.00 bits per heavy atom. The molecule has 0 saturated carbocycles. The largest absolute Gasteiger partial charge is 0.344 e. The maximum Gasteiger partial charge on any atom is 0.0838 e. The number of rotatable bonds is 2. The average Bonchev–Trinajstić information content (AvgIpc) is 2.30. The summed E-state index contributed by atoms with van der Waals surface area (Å²) in [7, 11) is 11.9. The average molecular weight is 389 g/mol. The van der Waals surface area contributed by atoms with Gasteiger partial charge in [0, 0.05) is 65.4 Å². The van der Waals surface area contributed by atoms with Gasteiger partial charge in [-0.2, -0.15) is 28.5 Å². The molecule has 0 nitrogen and oxygen atoms in total. The molecule has 0 aliphatic carbocycles. The van der Waals surface area contributed by atoms with Crippen molar-refractivity contribution in [2.75, 3.05) is 0 Å². The van der Waals surface area contributed by atoms with Gasteiger partial charge in [0.05, 0.1) is 15.7 Å². The first-order valence-corrected chi connectivity index (χ1v) is 5.30. The van der Waals surface area contributed by atoms with Crippen LogP contribution in [0.4, 0.5) is 0 Å². The Kier molecular flexibility index (Phi) is 8.96. The van der Waals surface area contributed by atoms with Gasteiger partial charge in [-0.15, -0.1) is 12.2 Å². The number of allylic oxidation sites excluding steroid dienone is 1. The minimum Gasteiger partial charge on any atom is -0.344 e. The summed E-state index contributed by atoms with van der Waals surface area (Å²) in [6.45, 7) is 7.40. The first-order chi connectivity index (χ1) is 8.15. The monoisotopic (exact) mass is 389 g/mol. The topological polar surface area (TPSA) is 0 Å². The van der Waals surface area contributed by atoms with Crippen LogP contribution < -0.4 is 10.9 Å². The van der Waals surface area contributed by atoms with Crippen molar-refractivity contribution >= 4 is 49.5 Å². The fraction of sp³-hybridized carbons (Fsp3) is 0.0667. The molecule has 0 saturated heterocycles. The summed E-state index contributed by atoms with van der Waals surface area (Å²) in [5, 5.41) is 1.73. The van der Waals surface area contributed by atoms with Crippen molar-refractivity contribution < 1.29 is 65.4 Å². The number of hydrogen-bond acceptors (Lipinski definition) is 0. The van der Waals surface area contributed by atoms with E-state index >= 15 is 0 Å². The van der Waals surface area contributed by atoms with E-state index in [0.717, 1.165) is 21.9 Å². The minimum absolute atomic E-state index is 0. The summed E-state index contributed by atoms with van der Waals surface area (Å²) in [6, 6.07) is 9.90. The molecule has 0 spiro atoms. The van der Waals surface area contributed by atoms with Gasteiger partial charge < -0.3 is 18.2 Å². The second-order valence-electron chi connectivity index (χ2n) is 3.77. The Morgan fingerprint density at radius 2 is 1.47 bits per heavy atom. The summed E-state index contributed by atoms with van der Waals surface area (Å²) in [6.07, 6.45) is 5.31. The third kappa shape index (κ3) is 4.50. The van der Waals surface area contributed by atoms with E-state index in [1.165, 1.54) is 6.08 Å².